The molecule has 13 nitrogen and oxygen atoms in total. The minimum absolute atomic E-state index is 0.0176. The summed E-state index contributed by atoms with van der Waals surface area (Å²) in [5, 5.41) is 20.2. The van der Waals surface area contributed by atoms with E-state index >= 15 is 0 Å². The topological polar surface area (TPSA) is 183 Å². The molecule has 0 aromatic heterocycles. The van der Waals surface area contributed by atoms with Crippen LogP contribution in [0, 0.1) is 17.8 Å². The van der Waals surface area contributed by atoms with E-state index in [-0.39, 0.29) is 18.3 Å². The second-order valence-corrected chi connectivity index (χ2v) is 12.6. The number of amides is 5. The molecule has 13 heteroatoms. The predicted octanol–water partition coefficient (Wildman–Crippen LogP) is 1.41. The molecule has 0 bridgehead atoms. The van der Waals surface area contributed by atoms with Crippen molar-refractivity contribution in [1.82, 2.24) is 26.2 Å². The number of unbranched alkanes of at least 4 members (excludes halogenated alkanes) is 3. The highest BCUT2D eigenvalue weighted by Crippen LogP contribution is 2.22. The summed E-state index contributed by atoms with van der Waals surface area (Å²) >= 11 is 0. The summed E-state index contributed by atoms with van der Waals surface area (Å²) in [4.78, 5) is 81.2. The molecular weight excluding hydrogens is 582 g/mol. The summed E-state index contributed by atoms with van der Waals surface area (Å²) in [5.41, 5.74) is 0. The number of cyclic esters (lactones) is 1. The number of hydrogen-bond donors (Lipinski definition) is 5. The highest BCUT2D eigenvalue weighted by Gasteiger charge is 2.38. The lowest BCUT2D eigenvalue weighted by molar-refractivity contribution is -0.157. The number of rotatable bonds is 11. The minimum atomic E-state index is -1.40. The van der Waals surface area contributed by atoms with Gasteiger partial charge in [-0.05, 0) is 37.5 Å². The van der Waals surface area contributed by atoms with Gasteiger partial charge in [0, 0.05) is 7.05 Å². The van der Waals surface area contributed by atoms with Crippen LogP contribution < -0.4 is 21.3 Å². The molecule has 1 fully saturated rings. The van der Waals surface area contributed by atoms with Crippen molar-refractivity contribution in [2.75, 3.05) is 20.2 Å². The van der Waals surface area contributed by atoms with Crippen LogP contribution in [0.2, 0.25) is 0 Å². The van der Waals surface area contributed by atoms with E-state index in [4.69, 9.17) is 4.74 Å². The van der Waals surface area contributed by atoms with Crippen molar-refractivity contribution in [1.29, 1.82) is 0 Å². The fraction of sp³-hybridized carbons (Fsp3) is 0.812. The Morgan fingerprint density at radius 1 is 0.867 bits per heavy atom. The number of ether oxygens (including phenoxy) is 1. The summed E-state index contributed by atoms with van der Waals surface area (Å²) < 4.78 is 5.74. The third-order valence-corrected chi connectivity index (χ3v) is 8.44. The number of nitrogens with one attached hydrogen (secondary N) is 4. The first-order valence-electron chi connectivity index (χ1n) is 16.5. The first kappa shape index (κ1) is 39.8. The Kier molecular flexibility index (Phi) is 17.7. The average molecular weight is 640 g/mol. The molecule has 0 radical (unpaired) electrons. The van der Waals surface area contributed by atoms with Crippen molar-refractivity contribution in [2.24, 2.45) is 17.8 Å². The first-order valence-corrected chi connectivity index (χ1v) is 16.5. The lowest BCUT2D eigenvalue weighted by Crippen LogP contribution is -2.60. The normalized spacial score (nSPS) is 27.4. The second kappa shape index (κ2) is 20.0. The Bertz CT molecular complexity index is 1010. The van der Waals surface area contributed by atoms with E-state index in [0.717, 1.165) is 25.7 Å². The molecule has 0 unspecified atom stereocenters. The van der Waals surface area contributed by atoms with E-state index in [1.54, 1.807) is 20.8 Å². The van der Waals surface area contributed by atoms with Crippen LogP contribution in [0.3, 0.4) is 0 Å². The SMILES string of the molecule is CCCCCC[C@H]1OC(=O)CNC(=O)[C@@H](CC)NC(=O)[C@@H](CO)NC(=O)[C@H]([C@H](C)CC)NC(=O)[C@H](CC(C)C)N(C)C(=O)[C@@H]1C. The summed E-state index contributed by atoms with van der Waals surface area (Å²) in [6.45, 7) is 11.6. The zero-order valence-electron chi connectivity index (χ0n) is 28.4. The second-order valence-electron chi connectivity index (χ2n) is 12.6. The van der Waals surface area contributed by atoms with E-state index in [1.807, 2.05) is 20.8 Å². The smallest absolute Gasteiger partial charge is 0.325 e. The third-order valence-electron chi connectivity index (χ3n) is 8.44. The van der Waals surface area contributed by atoms with Gasteiger partial charge >= 0.3 is 5.97 Å². The van der Waals surface area contributed by atoms with E-state index in [2.05, 4.69) is 28.2 Å². The molecule has 1 aliphatic rings. The standard InChI is InChI=1S/C32H57N5O8/c1-9-12-13-14-15-25-21(7)32(44)37(8)24(16-19(4)5)30(42)36-27(20(6)10-2)31(43)35-23(18-38)29(41)34-22(11-3)28(40)33-17-26(39)45-25/h19-25,27,38H,9-18H2,1-8H3,(H,33,40)(H,34,41)(H,35,43)(H,36,42)/t20-,21-,22-,23-,24+,25-,27+/m1/s1. The van der Waals surface area contributed by atoms with Gasteiger partial charge in [-0.2, -0.15) is 0 Å². The van der Waals surface area contributed by atoms with Crippen molar-refractivity contribution in [2.45, 2.75) is 130 Å². The van der Waals surface area contributed by atoms with Crippen LogP contribution in [0.25, 0.3) is 0 Å². The number of esters is 1. The van der Waals surface area contributed by atoms with Crippen LogP contribution in [0.1, 0.15) is 99.8 Å². The van der Waals surface area contributed by atoms with E-state index in [0.29, 0.717) is 19.3 Å². The molecular formula is C32H57N5O8. The monoisotopic (exact) mass is 639 g/mol. The van der Waals surface area contributed by atoms with E-state index in [1.165, 1.54) is 11.9 Å². The quantitative estimate of drug-likeness (QED) is 0.166. The zero-order chi connectivity index (χ0) is 34.3. The number of nitrogens with zero attached hydrogens (tertiary/aromatic N) is 1. The van der Waals surface area contributed by atoms with Gasteiger partial charge in [-0.3, -0.25) is 28.8 Å². The van der Waals surface area contributed by atoms with Gasteiger partial charge in [0.05, 0.1) is 12.5 Å². The van der Waals surface area contributed by atoms with Gasteiger partial charge in [0.2, 0.25) is 29.5 Å². The predicted molar refractivity (Wildman–Crippen MR) is 169 cm³/mol. The molecule has 1 rings (SSSR count). The number of carbonyl (C=O) groups excluding carboxylic acids is 6. The number of carbonyl (C=O) groups is 6. The molecule has 0 aromatic rings. The average Bonchev–Trinajstić information content (AvgIpc) is 3.01. The lowest BCUT2D eigenvalue weighted by atomic mass is 9.94. The number of likely N-dealkylation sites (N-methyl/N-ethyl adjacent to an activating group) is 1. The Hall–Kier alpha value is -3.22. The van der Waals surface area contributed by atoms with Crippen LogP contribution in [-0.2, 0) is 33.5 Å². The number of aliphatic hydroxyl groups excluding tert-OH is 1. The molecule has 45 heavy (non-hydrogen) atoms. The molecule has 7 atom stereocenters. The van der Waals surface area contributed by atoms with Gasteiger partial charge in [-0.25, -0.2) is 0 Å². The molecule has 5 N–H and O–H groups in total. The minimum Gasteiger partial charge on any atom is -0.460 e. The Labute approximate surface area is 268 Å². The van der Waals surface area contributed by atoms with Crippen LogP contribution in [0.5, 0.6) is 0 Å². The van der Waals surface area contributed by atoms with Gasteiger partial charge in [0.15, 0.2) is 0 Å². The summed E-state index contributed by atoms with van der Waals surface area (Å²) in [6.07, 6.45) is 4.22. The summed E-state index contributed by atoms with van der Waals surface area (Å²) in [6, 6.07) is -4.46. The van der Waals surface area contributed by atoms with Crippen molar-refractivity contribution in [3.8, 4) is 0 Å². The first-order chi connectivity index (χ1) is 21.2. The Morgan fingerprint density at radius 2 is 1.51 bits per heavy atom. The highest BCUT2D eigenvalue weighted by atomic mass is 16.5. The van der Waals surface area contributed by atoms with E-state index < -0.39 is 84.8 Å². The van der Waals surface area contributed by atoms with Crippen LogP contribution in [0.4, 0.5) is 0 Å². The van der Waals surface area contributed by atoms with Gasteiger partial charge in [-0.15, -0.1) is 0 Å². The van der Waals surface area contributed by atoms with Crippen LogP contribution in [0.15, 0.2) is 0 Å². The molecule has 0 aromatic carbocycles. The van der Waals surface area contributed by atoms with Crippen molar-refractivity contribution >= 4 is 35.5 Å². The maximum absolute atomic E-state index is 13.8. The Balaban J connectivity index is 3.57. The number of hydrogen-bond acceptors (Lipinski definition) is 8. The fourth-order valence-electron chi connectivity index (χ4n) is 5.23. The zero-order valence-corrected chi connectivity index (χ0v) is 28.4. The molecule has 258 valence electrons. The molecule has 5 amide bonds. The molecule has 0 saturated carbocycles. The van der Waals surface area contributed by atoms with Gasteiger partial charge < -0.3 is 36.0 Å². The highest BCUT2D eigenvalue weighted by molar-refractivity contribution is 5.96. The number of aliphatic hydroxyl groups is 1. The molecule has 1 saturated heterocycles. The van der Waals surface area contributed by atoms with E-state index in [9.17, 15) is 33.9 Å². The third kappa shape index (κ3) is 12.6. The summed E-state index contributed by atoms with van der Waals surface area (Å²) in [5.74, 6) is -4.92. The van der Waals surface area contributed by atoms with Crippen LogP contribution in [-0.4, -0.2) is 96.0 Å². The largest absolute Gasteiger partial charge is 0.460 e. The van der Waals surface area contributed by atoms with Crippen molar-refractivity contribution in [3.63, 3.8) is 0 Å². The van der Waals surface area contributed by atoms with Crippen molar-refractivity contribution < 1.29 is 38.6 Å². The van der Waals surface area contributed by atoms with Crippen molar-refractivity contribution in [3.05, 3.63) is 0 Å². The van der Waals surface area contributed by atoms with Gasteiger partial charge in [0.1, 0.15) is 36.8 Å². The molecule has 0 spiro atoms. The summed E-state index contributed by atoms with van der Waals surface area (Å²) in [7, 11) is 1.53. The Morgan fingerprint density at radius 3 is 2.07 bits per heavy atom. The maximum Gasteiger partial charge on any atom is 0.325 e. The molecule has 1 heterocycles. The molecule has 1 aliphatic heterocycles. The van der Waals surface area contributed by atoms with Crippen LogP contribution >= 0.6 is 0 Å². The molecule has 0 aliphatic carbocycles. The lowest BCUT2D eigenvalue weighted by Gasteiger charge is -2.34. The van der Waals surface area contributed by atoms with Gasteiger partial charge in [0.25, 0.3) is 0 Å². The maximum atomic E-state index is 13.8. The fourth-order valence-corrected chi connectivity index (χ4v) is 5.23. The van der Waals surface area contributed by atoms with Gasteiger partial charge in [-0.1, -0.05) is 74.1 Å².